The van der Waals surface area contributed by atoms with Crippen molar-refractivity contribution >= 4 is 12.1 Å². The molecule has 0 bridgehead atoms. The van der Waals surface area contributed by atoms with Gasteiger partial charge in [-0.25, -0.2) is 4.79 Å². The van der Waals surface area contributed by atoms with Crippen LogP contribution in [0, 0.1) is 5.92 Å². The molecule has 8 nitrogen and oxygen atoms in total. The van der Waals surface area contributed by atoms with Crippen LogP contribution in [0.4, 0.5) is 4.79 Å². The van der Waals surface area contributed by atoms with E-state index in [4.69, 9.17) is 23.7 Å². The Labute approximate surface area is 236 Å². The lowest BCUT2D eigenvalue weighted by atomic mass is 10.0. The van der Waals surface area contributed by atoms with Crippen molar-refractivity contribution in [3.63, 3.8) is 0 Å². The number of ether oxygens (including phenoxy) is 5. The Kier molecular flexibility index (Phi) is 15.3. The first kappa shape index (κ1) is 34.5. The van der Waals surface area contributed by atoms with Crippen LogP contribution < -0.4 is 9.47 Å². The number of esters is 1. The predicted octanol–water partition coefficient (Wildman–Crippen LogP) is 7.34. The Balaban J connectivity index is 0.000000975. The van der Waals surface area contributed by atoms with Crippen LogP contribution in [0.5, 0.6) is 11.5 Å². The van der Waals surface area contributed by atoms with Crippen molar-refractivity contribution in [3.05, 3.63) is 23.8 Å². The largest absolute Gasteiger partial charge is 0.493 e. The lowest BCUT2D eigenvalue weighted by Gasteiger charge is -2.34. The minimum Gasteiger partial charge on any atom is -0.493 e. The minimum atomic E-state index is -0.628. The van der Waals surface area contributed by atoms with E-state index in [0.717, 1.165) is 30.7 Å². The van der Waals surface area contributed by atoms with Gasteiger partial charge >= 0.3 is 12.1 Å². The summed E-state index contributed by atoms with van der Waals surface area (Å²) in [4.78, 5) is 26.7. The Morgan fingerprint density at radius 2 is 1.69 bits per heavy atom. The molecule has 3 atom stereocenters. The number of carbonyl (C=O) groups excluding carboxylic acids is 2. The quantitative estimate of drug-likeness (QED) is 0.247. The van der Waals surface area contributed by atoms with Crippen molar-refractivity contribution in [2.24, 2.45) is 5.92 Å². The molecule has 2 aliphatic rings. The Bertz CT molecular complexity index is 862. The van der Waals surface area contributed by atoms with Crippen molar-refractivity contribution in [2.45, 2.75) is 118 Å². The zero-order chi connectivity index (χ0) is 29.6. The third-order valence-corrected chi connectivity index (χ3v) is 5.70. The summed E-state index contributed by atoms with van der Waals surface area (Å²) in [7, 11) is 3.26. The molecule has 1 amide bonds. The van der Waals surface area contributed by atoms with Crippen LogP contribution in [0.25, 0.3) is 0 Å². The van der Waals surface area contributed by atoms with Gasteiger partial charge in [0.1, 0.15) is 11.7 Å². The standard InChI is InChI=1S/C24H35NO7.C4H10.C3H8/c1-24(2,3)32-23(27)25-17(8-9-18(25)19-11-12-22(26)31-19)16-7-10-20(29-5)21(15-16)30-14-6-13-28-4;1-4(2)3;1-3-2/h7,10,15,17-19H,6,8-9,11-14H2,1-5H3;4H,1-3H3;3H2,1-2H3. The van der Waals surface area contributed by atoms with E-state index in [9.17, 15) is 9.59 Å². The highest BCUT2D eigenvalue weighted by atomic mass is 16.6. The van der Waals surface area contributed by atoms with Crippen LogP contribution >= 0.6 is 0 Å². The van der Waals surface area contributed by atoms with Gasteiger partial charge in [0, 0.05) is 26.6 Å². The second-order valence-electron chi connectivity index (χ2n) is 11.7. The number of rotatable bonds is 8. The zero-order valence-corrected chi connectivity index (χ0v) is 26.0. The van der Waals surface area contributed by atoms with Crippen molar-refractivity contribution < 1.29 is 33.3 Å². The van der Waals surface area contributed by atoms with Gasteiger partial charge in [0.15, 0.2) is 11.5 Å². The fraction of sp³-hybridized carbons (Fsp3) is 0.742. The Morgan fingerprint density at radius 3 is 2.21 bits per heavy atom. The monoisotopic (exact) mass is 551 g/mol. The number of methoxy groups -OCH3 is 2. The van der Waals surface area contributed by atoms with Gasteiger partial charge in [0.05, 0.1) is 25.8 Å². The first-order valence-corrected chi connectivity index (χ1v) is 14.4. The molecule has 2 aliphatic heterocycles. The predicted molar refractivity (Wildman–Crippen MR) is 154 cm³/mol. The summed E-state index contributed by atoms with van der Waals surface area (Å²) in [6.07, 6.45) is 3.79. The van der Waals surface area contributed by atoms with Crippen molar-refractivity contribution in [1.29, 1.82) is 0 Å². The number of carbonyl (C=O) groups is 2. The minimum absolute atomic E-state index is 0.207. The van der Waals surface area contributed by atoms with E-state index in [1.165, 1.54) is 6.42 Å². The van der Waals surface area contributed by atoms with E-state index >= 15 is 0 Å². The fourth-order valence-electron chi connectivity index (χ4n) is 4.32. The maximum absolute atomic E-state index is 13.2. The lowest BCUT2D eigenvalue weighted by Crippen LogP contribution is -2.46. The second-order valence-corrected chi connectivity index (χ2v) is 11.7. The molecular weight excluding hydrogens is 498 g/mol. The normalized spacial score (nSPS) is 20.4. The summed E-state index contributed by atoms with van der Waals surface area (Å²) in [5.41, 5.74) is 0.307. The third kappa shape index (κ3) is 12.1. The van der Waals surface area contributed by atoms with Crippen LogP contribution in [-0.4, -0.2) is 62.1 Å². The highest BCUT2D eigenvalue weighted by molar-refractivity contribution is 5.73. The molecule has 39 heavy (non-hydrogen) atoms. The van der Waals surface area contributed by atoms with Gasteiger partial charge in [-0.3, -0.25) is 9.69 Å². The molecule has 0 N–H and O–H groups in total. The molecule has 0 radical (unpaired) electrons. The molecule has 0 saturated carbocycles. The highest BCUT2D eigenvalue weighted by Crippen LogP contribution is 2.43. The molecular formula is C31H53NO7. The average Bonchev–Trinajstić information content (AvgIpc) is 3.47. The third-order valence-electron chi connectivity index (χ3n) is 5.70. The van der Waals surface area contributed by atoms with Crippen molar-refractivity contribution in [1.82, 2.24) is 4.90 Å². The van der Waals surface area contributed by atoms with Gasteiger partial charge < -0.3 is 23.7 Å². The molecule has 2 fully saturated rings. The van der Waals surface area contributed by atoms with Gasteiger partial charge in [0.25, 0.3) is 0 Å². The number of cyclic esters (lactones) is 1. The SMILES string of the molecule is CC(C)C.CCC.COCCCOc1cc(C2CCC(C3CCC(=O)O3)N2C(=O)OC(C)(C)C)ccc1OC. The van der Waals surface area contributed by atoms with Crippen molar-refractivity contribution in [2.75, 3.05) is 27.4 Å². The fourth-order valence-corrected chi connectivity index (χ4v) is 4.32. The molecule has 1 aromatic rings. The topological polar surface area (TPSA) is 83.5 Å². The molecule has 0 aromatic heterocycles. The summed E-state index contributed by atoms with van der Waals surface area (Å²) in [5.74, 6) is 1.88. The maximum Gasteiger partial charge on any atom is 0.411 e. The van der Waals surface area contributed by atoms with Crippen LogP contribution in [0.3, 0.4) is 0 Å². The van der Waals surface area contributed by atoms with Gasteiger partial charge in [-0.2, -0.15) is 0 Å². The number of likely N-dealkylation sites (tertiary alicyclic amines) is 1. The number of hydrogen-bond donors (Lipinski definition) is 0. The number of benzene rings is 1. The smallest absolute Gasteiger partial charge is 0.411 e. The van der Waals surface area contributed by atoms with Crippen molar-refractivity contribution in [3.8, 4) is 11.5 Å². The summed E-state index contributed by atoms with van der Waals surface area (Å²) >= 11 is 0. The first-order chi connectivity index (χ1) is 18.4. The summed E-state index contributed by atoms with van der Waals surface area (Å²) in [6.45, 7) is 17.4. The molecule has 224 valence electrons. The zero-order valence-electron chi connectivity index (χ0n) is 26.0. The van der Waals surface area contributed by atoms with E-state index in [1.54, 1.807) is 19.1 Å². The molecule has 8 heteroatoms. The Hall–Kier alpha value is -2.48. The molecule has 0 spiro atoms. The van der Waals surface area contributed by atoms with Crippen LogP contribution in [-0.2, 0) is 19.0 Å². The average molecular weight is 552 g/mol. The van der Waals surface area contributed by atoms with Crippen LogP contribution in [0.1, 0.15) is 106 Å². The van der Waals surface area contributed by atoms with E-state index in [-0.39, 0.29) is 24.2 Å². The van der Waals surface area contributed by atoms with E-state index in [0.29, 0.717) is 37.6 Å². The summed E-state index contributed by atoms with van der Waals surface area (Å²) < 4.78 is 27.7. The van der Waals surface area contributed by atoms with Crippen LogP contribution in [0.2, 0.25) is 0 Å². The van der Waals surface area contributed by atoms with E-state index in [1.807, 2.05) is 39.0 Å². The van der Waals surface area contributed by atoms with Gasteiger partial charge in [0.2, 0.25) is 0 Å². The number of nitrogens with zero attached hydrogens (tertiary/aromatic N) is 1. The van der Waals surface area contributed by atoms with E-state index < -0.39 is 11.7 Å². The summed E-state index contributed by atoms with van der Waals surface area (Å²) in [5, 5.41) is 0. The summed E-state index contributed by atoms with van der Waals surface area (Å²) in [6, 6.07) is 5.32. The second kappa shape index (κ2) is 17.3. The maximum atomic E-state index is 13.2. The molecule has 3 unspecified atom stereocenters. The van der Waals surface area contributed by atoms with Gasteiger partial charge in [-0.1, -0.05) is 47.1 Å². The molecule has 3 rings (SSSR count). The van der Waals surface area contributed by atoms with E-state index in [2.05, 4.69) is 34.6 Å². The van der Waals surface area contributed by atoms with Crippen LogP contribution in [0.15, 0.2) is 18.2 Å². The lowest BCUT2D eigenvalue weighted by molar-refractivity contribution is -0.143. The molecule has 0 aliphatic carbocycles. The molecule has 2 saturated heterocycles. The molecule has 2 heterocycles. The van der Waals surface area contributed by atoms with Gasteiger partial charge in [-0.05, 0) is 63.6 Å². The number of hydrogen-bond acceptors (Lipinski definition) is 7. The Morgan fingerprint density at radius 1 is 1.05 bits per heavy atom. The molecule has 1 aromatic carbocycles. The first-order valence-electron chi connectivity index (χ1n) is 14.4. The highest BCUT2D eigenvalue weighted by Gasteiger charge is 2.46. The number of amides is 1. The van der Waals surface area contributed by atoms with Gasteiger partial charge in [-0.15, -0.1) is 0 Å².